The number of nitrogens with one attached hydrogen (secondary N) is 1. The molecule has 2 rings (SSSR count). The molecule has 2 aromatic carbocycles. The predicted octanol–water partition coefficient (Wildman–Crippen LogP) is 4.66. The summed E-state index contributed by atoms with van der Waals surface area (Å²) < 4.78 is 2.00. The van der Waals surface area contributed by atoms with Crippen molar-refractivity contribution < 1.29 is 0 Å². The van der Waals surface area contributed by atoms with Gasteiger partial charge in [0.1, 0.15) is 0 Å². The maximum absolute atomic E-state index is 4.18. The minimum atomic E-state index is 0.931. The third-order valence-corrected chi connectivity index (χ3v) is 3.28. The summed E-state index contributed by atoms with van der Waals surface area (Å²) in [6.45, 7) is 0. The lowest BCUT2D eigenvalue weighted by molar-refractivity contribution is 1.33. The minimum Gasteiger partial charge on any atom is -0.277 e. The van der Waals surface area contributed by atoms with E-state index in [0.717, 1.165) is 20.2 Å². The molecule has 0 bridgehead atoms. The number of benzene rings is 2. The van der Waals surface area contributed by atoms with Crippen LogP contribution in [0.1, 0.15) is 5.56 Å². The van der Waals surface area contributed by atoms with Crippen LogP contribution in [-0.2, 0) is 0 Å². The predicted molar refractivity (Wildman–Crippen MR) is 79.5 cm³/mol. The van der Waals surface area contributed by atoms with Gasteiger partial charge in [-0.3, -0.25) is 5.43 Å². The van der Waals surface area contributed by atoms with Crippen molar-refractivity contribution in [2.24, 2.45) is 5.10 Å². The van der Waals surface area contributed by atoms with Gasteiger partial charge in [-0.2, -0.15) is 5.10 Å². The van der Waals surface area contributed by atoms with Gasteiger partial charge in [0.25, 0.3) is 0 Å². The van der Waals surface area contributed by atoms with Crippen LogP contribution in [0.3, 0.4) is 0 Å². The number of rotatable bonds is 3. The van der Waals surface area contributed by atoms with Gasteiger partial charge in [-0.15, -0.1) is 0 Å². The van der Waals surface area contributed by atoms with Gasteiger partial charge in [0, 0.05) is 8.95 Å². The van der Waals surface area contributed by atoms with Crippen molar-refractivity contribution in [2.45, 2.75) is 0 Å². The molecule has 0 heterocycles. The van der Waals surface area contributed by atoms with Gasteiger partial charge in [0.15, 0.2) is 0 Å². The first-order valence-corrected chi connectivity index (χ1v) is 6.63. The SMILES string of the molecule is Brc1ccc(N/N=C\c2ccccc2)c(Br)c1. The molecular weight excluding hydrogens is 344 g/mol. The van der Waals surface area contributed by atoms with Gasteiger partial charge in [-0.25, -0.2) is 0 Å². The second kappa shape index (κ2) is 5.98. The van der Waals surface area contributed by atoms with Crippen LogP contribution in [0, 0.1) is 0 Å². The van der Waals surface area contributed by atoms with Crippen LogP contribution in [0.2, 0.25) is 0 Å². The molecule has 0 amide bonds. The Hall–Kier alpha value is -1.13. The zero-order valence-corrected chi connectivity index (χ0v) is 12.1. The molecule has 0 unspecified atom stereocenters. The molecule has 2 nitrogen and oxygen atoms in total. The summed E-state index contributed by atoms with van der Waals surface area (Å²) in [4.78, 5) is 0. The van der Waals surface area contributed by atoms with E-state index in [1.54, 1.807) is 6.21 Å². The monoisotopic (exact) mass is 352 g/mol. The first-order valence-electron chi connectivity index (χ1n) is 5.05. The third-order valence-electron chi connectivity index (χ3n) is 2.13. The zero-order valence-electron chi connectivity index (χ0n) is 8.90. The van der Waals surface area contributed by atoms with E-state index in [9.17, 15) is 0 Å². The molecule has 0 aliphatic heterocycles. The van der Waals surface area contributed by atoms with Crippen molar-refractivity contribution in [3.63, 3.8) is 0 Å². The molecule has 0 atom stereocenters. The highest BCUT2D eigenvalue weighted by Crippen LogP contribution is 2.25. The Kier molecular flexibility index (Phi) is 4.34. The topological polar surface area (TPSA) is 24.4 Å². The van der Waals surface area contributed by atoms with Crippen molar-refractivity contribution in [1.82, 2.24) is 0 Å². The van der Waals surface area contributed by atoms with Crippen molar-refractivity contribution in [3.8, 4) is 0 Å². The molecule has 0 aromatic heterocycles. The van der Waals surface area contributed by atoms with Crippen LogP contribution >= 0.6 is 31.9 Å². The highest BCUT2D eigenvalue weighted by Gasteiger charge is 1.97. The molecule has 17 heavy (non-hydrogen) atoms. The molecule has 4 heteroatoms. The normalized spacial score (nSPS) is 10.7. The number of halogens is 2. The van der Waals surface area contributed by atoms with Crippen molar-refractivity contribution in [2.75, 3.05) is 5.43 Å². The maximum Gasteiger partial charge on any atom is 0.0704 e. The summed E-state index contributed by atoms with van der Waals surface area (Å²) in [7, 11) is 0. The molecule has 0 radical (unpaired) electrons. The van der Waals surface area contributed by atoms with E-state index in [4.69, 9.17) is 0 Å². The molecule has 0 aliphatic rings. The highest BCUT2D eigenvalue weighted by molar-refractivity contribution is 9.11. The van der Waals surface area contributed by atoms with Gasteiger partial charge in [0.05, 0.1) is 11.9 Å². The van der Waals surface area contributed by atoms with Crippen molar-refractivity contribution >= 4 is 43.8 Å². The van der Waals surface area contributed by atoms with Gasteiger partial charge in [-0.1, -0.05) is 46.3 Å². The number of nitrogens with zero attached hydrogens (tertiary/aromatic N) is 1. The largest absolute Gasteiger partial charge is 0.277 e. The Labute approximate surface area is 117 Å². The van der Waals surface area contributed by atoms with E-state index in [0.29, 0.717) is 0 Å². The average Bonchev–Trinajstić information content (AvgIpc) is 2.33. The van der Waals surface area contributed by atoms with E-state index in [1.807, 2.05) is 48.5 Å². The molecule has 0 saturated carbocycles. The Morgan fingerprint density at radius 1 is 1.00 bits per heavy atom. The van der Waals surface area contributed by atoms with Gasteiger partial charge in [0.2, 0.25) is 0 Å². The van der Waals surface area contributed by atoms with E-state index in [1.165, 1.54) is 0 Å². The molecule has 0 fully saturated rings. The van der Waals surface area contributed by atoms with Crippen LogP contribution < -0.4 is 5.43 Å². The lowest BCUT2D eigenvalue weighted by Crippen LogP contribution is -1.91. The van der Waals surface area contributed by atoms with Crippen LogP contribution in [0.15, 0.2) is 62.6 Å². The second-order valence-corrected chi connectivity index (χ2v) is 5.17. The minimum absolute atomic E-state index is 0.931. The molecule has 0 spiro atoms. The lowest BCUT2D eigenvalue weighted by Gasteiger charge is -2.03. The smallest absolute Gasteiger partial charge is 0.0704 e. The molecule has 0 aliphatic carbocycles. The van der Waals surface area contributed by atoms with Crippen LogP contribution in [0.4, 0.5) is 5.69 Å². The summed E-state index contributed by atoms with van der Waals surface area (Å²) in [5.41, 5.74) is 4.98. The Morgan fingerprint density at radius 3 is 2.47 bits per heavy atom. The van der Waals surface area contributed by atoms with E-state index < -0.39 is 0 Å². The summed E-state index contributed by atoms with van der Waals surface area (Å²) in [6.07, 6.45) is 1.79. The molecule has 0 saturated heterocycles. The van der Waals surface area contributed by atoms with Crippen LogP contribution in [0.25, 0.3) is 0 Å². The summed E-state index contributed by atoms with van der Waals surface area (Å²) in [6, 6.07) is 15.8. The fraction of sp³-hybridized carbons (Fsp3) is 0. The number of hydrazone groups is 1. The Morgan fingerprint density at radius 2 is 1.76 bits per heavy atom. The standard InChI is InChI=1S/C13H10Br2N2/c14-11-6-7-13(12(15)8-11)17-16-9-10-4-2-1-3-5-10/h1-9,17H/b16-9-. The number of anilines is 1. The first-order chi connectivity index (χ1) is 8.25. The fourth-order valence-corrected chi connectivity index (χ4v) is 2.43. The average molecular weight is 354 g/mol. The van der Waals surface area contributed by atoms with Crippen LogP contribution in [0.5, 0.6) is 0 Å². The Bertz CT molecular complexity index is 524. The molecule has 1 N–H and O–H groups in total. The third kappa shape index (κ3) is 3.68. The van der Waals surface area contributed by atoms with Crippen molar-refractivity contribution in [3.05, 3.63) is 63.0 Å². The summed E-state index contributed by atoms with van der Waals surface area (Å²) in [5, 5.41) is 4.18. The van der Waals surface area contributed by atoms with Crippen LogP contribution in [-0.4, -0.2) is 6.21 Å². The van der Waals surface area contributed by atoms with Gasteiger partial charge >= 0.3 is 0 Å². The van der Waals surface area contributed by atoms with Gasteiger partial charge in [-0.05, 0) is 39.7 Å². The molecule has 2 aromatic rings. The molecular formula is C13H10Br2N2. The fourth-order valence-electron chi connectivity index (χ4n) is 1.30. The molecule has 86 valence electrons. The zero-order chi connectivity index (χ0) is 12.1. The summed E-state index contributed by atoms with van der Waals surface area (Å²) >= 11 is 6.87. The number of hydrogen-bond donors (Lipinski definition) is 1. The maximum atomic E-state index is 4.18. The van der Waals surface area contributed by atoms with Crippen molar-refractivity contribution in [1.29, 1.82) is 0 Å². The Balaban J connectivity index is 2.05. The summed E-state index contributed by atoms with van der Waals surface area (Å²) in [5.74, 6) is 0. The lowest BCUT2D eigenvalue weighted by atomic mass is 10.2. The quantitative estimate of drug-likeness (QED) is 0.630. The first kappa shape index (κ1) is 12.3. The van der Waals surface area contributed by atoms with E-state index in [-0.39, 0.29) is 0 Å². The second-order valence-electron chi connectivity index (χ2n) is 3.40. The van der Waals surface area contributed by atoms with E-state index >= 15 is 0 Å². The highest BCUT2D eigenvalue weighted by atomic mass is 79.9. The number of hydrogen-bond acceptors (Lipinski definition) is 2. The van der Waals surface area contributed by atoms with Gasteiger partial charge < -0.3 is 0 Å². The van der Waals surface area contributed by atoms with E-state index in [2.05, 4.69) is 42.4 Å².